The average molecular weight is 376 g/mol. The Morgan fingerprint density at radius 2 is 1.84 bits per heavy atom. The fraction of sp³-hybridized carbons (Fsp3) is 0.118. The predicted octanol–water partition coefficient (Wildman–Crippen LogP) is 3.15. The Labute approximate surface area is 154 Å². The summed E-state index contributed by atoms with van der Waals surface area (Å²) in [5.74, 6) is -0.182. The van der Waals surface area contributed by atoms with Crippen LogP contribution in [-0.2, 0) is 13.1 Å². The van der Waals surface area contributed by atoms with E-state index in [2.05, 4.69) is 15.6 Å². The summed E-state index contributed by atoms with van der Waals surface area (Å²) in [6, 6.07) is 14.5. The number of anilines is 1. The van der Waals surface area contributed by atoms with Gasteiger partial charge in [0.15, 0.2) is 11.5 Å². The maximum atomic E-state index is 12.3. The quantitative estimate of drug-likeness (QED) is 0.716. The van der Waals surface area contributed by atoms with Crippen molar-refractivity contribution in [1.29, 1.82) is 0 Å². The zero-order valence-electron chi connectivity index (χ0n) is 13.1. The van der Waals surface area contributed by atoms with Crippen LogP contribution in [0.2, 0.25) is 10.0 Å². The Hall–Kier alpha value is -2.57. The lowest BCUT2D eigenvalue weighted by Gasteiger charge is -2.06. The van der Waals surface area contributed by atoms with E-state index in [1.807, 2.05) is 30.3 Å². The summed E-state index contributed by atoms with van der Waals surface area (Å²) >= 11 is 11.8. The van der Waals surface area contributed by atoms with Gasteiger partial charge < -0.3 is 11.1 Å². The lowest BCUT2D eigenvalue weighted by Crippen LogP contribution is -2.24. The number of halogens is 2. The van der Waals surface area contributed by atoms with E-state index in [-0.39, 0.29) is 17.4 Å². The summed E-state index contributed by atoms with van der Waals surface area (Å²) in [5, 5.41) is 11.9. The minimum atomic E-state index is -0.384. The van der Waals surface area contributed by atoms with Crippen LogP contribution in [-0.4, -0.2) is 20.9 Å². The number of aromatic nitrogens is 3. The van der Waals surface area contributed by atoms with Gasteiger partial charge in [-0.05, 0) is 35.4 Å². The molecule has 0 saturated heterocycles. The fourth-order valence-corrected chi connectivity index (χ4v) is 2.61. The van der Waals surface area contributed by atoms with E-state index in [1.54, 1.807) is 18.2 Å². The molecule has 3 aromatic rings. The Morgan fingerprint density at radius 1 is 1.08 bits per heavy atom. The van der Waals surface area contributed by atoms with E-state index in [0.29, 0.717) is 23.1 Å². The lowest BCUT2D eigenvalue weighted by molar-refractivity contribution is 0.0946. The molecular formula is C17H15Cl2N5O. The summed E-state index contributed by atoms with van der Waals surface area (Å²) in [4.78, 5) is 12.3. The topological polar surface area (TPSA) is 85.8 Å². The lowest BCUT2D eigenvalue weighted by atomic mass is 10.2. The molecule has 3 rings (SSSR count). The number of nitrogens with two attached hydrogens (primary N) is 1. The number of carbonyl (C=O) groups excluding carboxylic acids is 1. The Kier molecular flexibility index (Phi) is 5.21. The number of rotatable bonds is 5. The van der Waals surface area contributed by atoms with Crippen LogP contribution in [0.5, 0.6) is 0 Å². The van der Waals surface area contributed by atoms with Crippen molar-refractivity contribution >= 4 is 34.9 Å². The van der Waals surface area contributed by atoms with E-state index in [0.717, 1.165) is 11.1 Å². The SMILES string of the molecule is Nc1c(C(=O)NCc2ccc(Cl)cc2)nnn1Cc1cccc(Cl)c1. The molecule has 25 heavy (non-hydrogen) atoms. The highest BCUT2D eigenvalue weighted by Gasteiger charge is 2.17. The van der Waals surface area contributed by atoms with Crippen molar-refractivity contribution < 1.29 is 4.79 Å². The first kappa shape index (κ1) is 17.3. The van der Waals surface area contributed by atoms with Gasteiger partial charge in [0.2, 0.25) is 0 Å². The second-order valence-electron chi connectivity index (χ2n) is 5.42. The minimum absolute atomic E-state index is 0.0935. The second-order valence-corrected chi connectivity index (χ2v) is 6.29. The molecule has 0 radical (unpaired) electrons. The zero-order chi connectivity index (χ0) is 17.8. The molecule has 3 N–H and O–H groups in total. The molecule has 1 aromatic heterocycles. The number of hydrogen-bond donors (Lipinski definition) is 2. The Morgan fingerprint density at radius 3 is 2.56 bits per heavy atom. The summed E-state index contributed by atoms with van der Waals surface area (Å²) in [7, 11) is 0. The number of amides is 1. The number of hydrogen-bond acceptors (Lipinski definition) is 4. The van der Waals surface area contributed by atoms with E-state index < -0.39 is 0 Å². The number of carbonyl (C=O) groups is 1. The third-order valence-electron chi connectivity index (χ3n) is 3.58. The number of benzene rings is 2. The van der Waals surface area contributed by atoms with Crippen LogP contribution in [0, 0.1) is 0 Å². The van der Waals surface area contributed by atoms with Crippen LogP contribution < -0.4 is 11.1 Å². The van der Waals surface area contributed by atoms with Gasteiger partial charge in [0.25, 0.3) is 5.91 Å². The first-order chi connectivity index (χ1) is 12.0. The van der Waals surface area contributed by atoms with Crippen molar-refractivity contribution in [1.82, 2.24) is 20.3 Å². The molecule has 0 aliphatic heterocycles. The molecule has 8 heteroatoms. The fourth-order valence-electron chi connectivity index (χ4n) is 2.28. The van der Waals surface area contributed by atoms with Crippen LogP contribution in [0.3, 0.4) is 0 Å². The van der Waals surface area contributed by atoms with Gasteiger partial charge >= 0.3 is 0 Å². The Bertz CT molecular complexity index is 892. The maximum absolute atomic E-state index is 12.3. The molecule has 0 aliphatic carbocycles. The second kappa shape index (κ2) is 7.55. The molecular weight excluding hydrogens is 361 g/mol. The molecule has 2 aromatic carbocycles. The van der Waals surface area contributed by atoms with Crippen LogP contribution in [0.4, 0.5) is 5.82 Å². The molecule has 6 nitrogen and oxygen atoms in total. The monoisotopic (exact) mass is 375 g/mol. The highest BCUT2D eigenvalue weighted by molar-refractivity contribution is 6.30. The molecule has 0 unspecified atom stereocenters. The van der Waals surface area contributed by atoms with E-state index in [1.165, 1.54) is 4.68 Å². The van der Waals surface area contributed by atoms with Crippen molar-refractivity contribution in [2.75, 3.05) is 5.73 Å². The van der Waals surface area contributed by atoms with E-state index in [9.17, 15) is 4.79 Å². The van der Waals surface area contributed by atoms with Gasteiger partial charge in [-0.25, -0.2) is 4.68 Å². The zero-order valence-corrected chi connectivity index (χ0v) is 14.6. The van der Waals surface area contributed by atoms with Gasteiger partial charge in [0, 0.05) is 16.6 Å². The summed E-state index contributed by atoms with van der Waals surface area (Å²) in [5.41, 5.74) is 7.93. The number of nitrogen functional groups attached to an aromatic ring is 1. The third kappa shape index (κ3) is 4.29. The first-order valence-corrected chi connectivity index (χ1v) is 8.24. The van der Waals surface area contributed by atoms with Crippen molar-refractivity contribution in [3.05, 3.63) is 75.4 Å². The molecule has 128 valence electrons. The number of nitrogens with zero attached hydrogens (tertiary/aromatic N) is 3. The largest absolute Gasteiger partial charge is 0.382 e. The average Bonchev–Trinajstić information content (AvgIpc) is 2.95. The van der Waals surface area contributed by atoms with Gasteiger partial charge in [-0.3, -0.25) is 4.79 Å². The standard InChI is InChI=1S/C17H15Cl2N5O/c18-13-6-4-11(5-7-13)9-21-17(25)15-16(20)24(23-22-15)10-12-2-1-3-14(19)8-12/h1-8H,9-10,20H2,(H,21,25). The van der Waals surface area contributed by atoms with E-state index >= 15 is 0 Å². The van der Waals surface area contributed by atoms with Crippen molar-refractivity contribution in [2.45, 2.75) is 13.1 Å². The first-order valence-electron chi connectivity index (χ1n) is 7.49. The normalized spacial score (nSPS) is 10.6. The van der Waals surface area contributed by atoms with Gasteiger partial charge in [0.1, 0.15) is 0 Å². The van der Waals surface area contributed by atoms with Crippen LogP contribution in [0.25, 0.3) is 0 Å². The molecule has 0 spiro atoms. The van der Waals surface area contributed by atoms with Gasteiger partial charge in [-0.1, -0.05) is 52.7 Å². The highest BCUT2D eigenvalue weighted by atomic mass is 35.5. The predicted molar refractivity (Wildman–Crippen MR) is 97.6 cm³/mol. The highest BCUT2D eigenvalue weighted by Crippen LogP contribution is 2.15. The van der Waals surface area contributed by atoms with Crippen molar-refractivity contribution in [3.63, 3.8) is 0 Å². The third-order valence-corrected chi connectivity index (χ3v) is 4.06. The van der Waals surface area contributed by atoms with Crippen LogP contribution in [0.15, 0.2) is 48.5 Å². The summed E-state index contributed by atoms with van der Waals surface area (Å²) < 4.78 is 1.46. The van der Waals surface area contributed by atoms with Crippen molar-refractivity contribution in [3.8, 4) is 0 Å². The minimum Gasteiger partial charge on any atom is -0.382 e. The molecule has 0 atom stereocenters. The number of nitrogens with one attached hydrogen (secondary N) is 1. The van der Waals surface area contributed by atoms with Gasteiger partial charge in [0.05, 0.1) is 6.54 Å². The summed E-state index contributed by atoms with van der Waals surface area (Å²) in [6.07, 6.45) is 0. The van der Waals surface area contributed by atoms with Crippen LogP contribution in [0.1, 0.15) is 21.6 Å². The van der Waals surface area contributed by atoms with Gasteiger partial charge in [-0.15, -0.1) is 5.10 Å². The Balaban J connectivity index is 1.67. The molecule has 0 bridgehead atoms. The molecule has 0 saturated carbocycles. The molecule has 0 aliphatic rings. The van der Waals surface area contributed by atoms with Crippen molar-refractivity contribution in [2.24, 2.45) is 0 Å². The summed E-state index contributed by atoms with van der Waals surface area (Å²) in [6.45, 7) is 0.723. The molecule has 0 fully saturated rings. The van der Waals surface area contributed by atoms with Crippen LogP contribution >= 0.6 is 23.2 Å². The molecule has 1 heterocycles. The smallest absolute Gasteiger partial charge is 0.275 e. The van der Waals surface area contributed by atoms with E-state index in [4.69, 9.17) is 28.9 Å². The maximum Gasteiger partial charge on any atom is 0.275 e. The van der Waals surface area contributed by atoms with Gasteiger partial charge in [-0.2, -0.15) is 0 Å². The molecule has 1 amide bonds.